The number of carbonyl (C=O) groups excluding carboxylic acids is 4. The maximum Gasteiger partial charge on any atom is 0.272 e. The Hall–Kier alpha value is -3.60. The Morgan fingerprint density at radius 3 is 2.07 bits per heavy atom. The van der Waals surface area contributed by atoms with E-state index in [9.17, 15) is 19.2 Å². The van der Waals surface area contributed by atoms with Crippen LogP contribution in [0.15, 0.2) is 24.5 Å². The summed E-state index contributed by atoms with van der Waals surface area (Å²) < 4.78 is 3.22. The fourth-order valence-corrected chi connectivity index (χ4v) is 2.80. The number of hydrogen-bond acceptors (Lipinski definition) is 5. The molecule has 11 nitrogen and oxygen atoms in total. The predicted molar refractivity (Wildman–Crippen MR) is 112 cm³/mol. The normalized spacial score (nSPS) is 10.4. The predicted octanol–water partition coefficient (Wildman–Crippen LogP) is -0.360. The molecule has 162 valence electrons. The number of hydrogen-bond donors (Lipinski definition) is 5. The van der Waals surface area contributed by atoms with Gasteiger partial charge in [0.1, 0.15) is 11.4 Å². The highest BCUT2D eigenvalue weighted by Gasteiger charge is 2.16. The Kier molecular flexibility index (Phi) is 8.18. The molecule has 0 aliphatic carbocycles. The molecule has 2 aromatic rings. The number of nitrogens with one attached hydrogen (secondary N) is 5. The van der Waals surface area contributed by atoms with Gasteiger partial charge in [-0.1, -0.05) is 0 Å². The smallest absolute Gasteiger partial charge is 0.272 e. The minimum atomic E-state index is -0.364. The van der Waals surface area contributed by atoms with Gasteiger partial charge in [-0.25, -0.2) is 0 Å². The van der Waals surface area contributed by atoms with Crippen molar-refractivity contribution >= 4 is 35.5 Å². The van der Waals surface area contributed by atoms with E-state index >= 15 is 0 Å². The molecule has 0 aliphatic rings. The van der Waals surface area contributed by atoms with Crippen molar-refractivity contribution in [3.05, 3.63) is 35.9 Å². The van der Waals surface area contributed by atoms with Crippen molar-refractivity contribution < 1.29 is 19.2 Å². The number of amides is 4. The van der Waals surface area contributed by atoms with Gasteiger partial charge in [-0.2, -0.15) is 0 Å². The van der Waals surface area contributed by atoms with Gasteiger partial charge < -0.3 is 35.7 Å². The molecule has 4 amide bonds. The molecule has 0 saturated carbocycles. The number of anilines is 2. The average Bonchev–Trinajstić information content (AvgIpc) is 3.23. The van der Waals surface area contributed by atoms with E-state index in [1.54, 1.807) is 47.8 Å². The van der Waals surface area contributed by atoms with Crippen molar-refractivity contribution in [2.75, 3.05) is 36.8 Å². The third kappa shape index (κ3) is 6.48. The quantitative estimate of drug-likeness (QED) is 0.251. The highest BCUT2D eigenvalue weighted by atomic mass is 16.2. The van der Waals surface area contributed by atoms with E-state index in [0.717, 1.165) is 0 Å². The largest absolute Gasteiger partial charge is 0.355 e. The molecule has 0 aliphatic heterocycles. The molecule has 0 unspecified atom stereocenters. The standard InChI is InChI=1S/C19H27N7O4/c1-13(28)21-6-4-20-5-7-22-18(29)16-9-15(11-26(16)3)24-19(30)17-8-14(23-12-27)10-25(17)2/h8-12,20H,4-7H2,1-3H3,(H,21,28)(H,22,29)(H,23,27)(H,24,30). The van der Waals surface area contributed by atoms with Crippen LogP contribution in [0.25, 0.3) is 0 Å². The zero-order chi connectivity index (χ0) is 22.1. The summed E-state index contributed by atoms with van der Waals surface area (Å²) in [6.07, 6.45) is 3.81. The highest BCUT2D eigenvalue weighted by Crippen LogP contribution is 2.17. The lowest BCUT2D eigenvalue weighted by Gasteiger charge is -2.07. The Morgan fingerprint density at radius 2 is 1.43 bits per heavy atom. The molecular weight excluding hydrogens is 390 g/mol. The van der Waals surface area contributed by atoms with Gasteiger partial charge in [0.2, 0.25) is 12.3 Å². The fourth-order valence-electron chi connectivity index (χ4n) is 2.80. The molecule has 0 spiro atoms. The Morgan fingerprint density at radius 1 is 0.867 bits per heavy atom. The van der Waals surface area contributed by atoms with Crippen LogP contribution in [-0.2, 0) is 23.7 Å². The van der Waals surface area contributed by atoms with Crippen molar-refractivity contribution in [2.45, 2.75) is 6.92 Å². The van der Waals surface area contributed by atoms with E-state index in [-0.39, 0.29) is 17.7 Å². The minimum absolute atomic E-state index is 0.0816. The van der Waals surface area contributed by atoms with Gasteiger partial charge >= 0.3 is 0 Å². The van der Waals surface area contributed by atoms with Gasteiger partial charge in [-0.3, -0.25) is 19.2 Å². The first kappa shape index (κ1) is 22.7. The molecule has 30 heavy (non-hydrogen) atoms. The Labute approximate surface area is 174 Å². The van der Waals surface area contributed by atoms with Gasteiger partial charge in [0.15, 0.2) is 0 Å². The van der Waals surface area contributed by atoms with Crippen molar-refractivity contribution in [3.8, 4) is 0 Å². The van der Waals surface area contributed by atoms with E-state index in [2.05, 4.69) is 26.6 Å². The SMILES string of the molecule is CC(=O)NCCNCCNC(=O)c1cc(NC(=O)c2cc(NC=O)cn2C)cn1C. The maximum atomic E-state index is 12.5. The van der Waals surface area contributed by atoms with Crippen molar-refractivity contribution in [1.29, 1.82) is 0 Å². The summed E-state index contributed by atoms with van der Waals surface area (Å²) in [7, 11) is 3.41. The number of aryl methyl sites for hydroxylation is 2. The molecular formula is C19H27N7O4. The molecule has 2 heterocycles. The van der Waals surface area contributed by atoms with Crippen LogP contribution in [0, 0.1) is 0 Å². The van der Waals surface area contributed by atoms with Gasteiger partial charge in [0.25, 0.3) is 11.8 Å². The molecule has 11 heteroatoms. The molecule has 0 fully saturated rings. The minimum Gasteiger partial charge on any atom is -0.355 e. The van der Waals surface area contributed by atoms with Crippen LogP contribution in [0.5, 0.6) is 0 Å². The molecule has 5 N–H and O–H groups in total. The molecule has 0 aromatic carbocycles. The van der Waals surface area contributed by atoms with Crippen LogP contribution in [0.2, 0.25) is 0 Å². The van der Waals surface area contributed by atoms with E-state index in [1.165, 1.54) is 6.92 Å². The Bertz CT molecular complexity index is 916. The molecule has 2 aromatic heterocycles. The summed E-state index contributed by atoms with van der Waals surface area (Å²) in [6.45, 7) is 3.57. The molecule has 0 saturated heterocycles. The topological polar surface area (TPSA) is 138 Å². The molecule has 0 radical (unpaired) electrons. The Balaban J connectivity index is 1.85. The molecule has 0 bridgehead atoms. The summed E-state index contributed by atoms with van der Waals surface area (Å²) in [5, 5.41) is 13.8. The average molecular weight is 417 g/mol. The third-order valence-corrected chi connectivity index (χ3v) is 4.22. The lowest BCUT2D eigenvalue weighted by molar-refractivity contribution is -0.118. The monoisotopic (exact) mass is 417 g/mol. The second kappa shape index (κ2) is 10.8. The summed E-state index contributed by atoms with van der Waals surface area (Å²) in [6, 6.07) is 3.14. The third-order valence-electron chi connectivity index (χ3n) is 4.22. The van der Waals surface area contributed by atoms with E-state index in [0.29, 0.717) is 55.4 Å². The number of rotatable bonds is 11. The van der Waals surface area contributed by atoms with E-state index in [1.807, 2.05) is 0 Å². The van der Waals surface area contributed by atoms with Crippen LogP contribution >= 0.6 is 0 Å². The lowest BCUT2D eigenvalue weighted by Crippen LogP contribution is -2.36. The van der Waals surface area contributed by atoms with Crippen LogP contribution in [-0.4, -0.2) is 59.4 Å². The second-order valence-electron chi connectivity index (χ2n) is 6.66. The van der Waals surface area contributed by atoms with Gasteiger partial charge in [-0.15, -0.1) is 0 Å². The van der Waals surface area contributed by atoms with E-state index < -0.39 is 0 Å². The number of carbonyl (C=O) groups is 4. The van der Waals surface area contributed by atoms with Crippen LogP contribution in [0.4, 0.5) is 11.4 Å². The number of aromatic nitrogens is 2. The second-order valence-corrected chi connectivity index (χ2v) is 6.66. The van der Waals surface area contributed by atoms with E-state index in [4.69, 9.17) is 0 Å². The van der Waals surface area contributed by atoms with Gasteiger partial charge in [-0.05, 0) is 12.1 Å². The maximum absolute atomic E-state index is 12.5. The molecule has 0 atom stereocenters. The van der Waals surface area contributed by atoms with Crippen LogP contribution in [0.3, 0.4) is 0 Å². The highest BCUT2D eigenvalue weighted by molar-refractivity contribution is 6.05. The summed E-state index contributed by atoms with van der Waals surface area (Å²) >= 11 is 0. The van der Waals surface area contributed by atoms with Gasteiger partial charge in [0.05, 0.1) is 11.4 Å². The summed E-state index contributed by atoms with van der Waals surface area (Å²) in [4.78, 5) is 46.2. The van der Waals surface area contributed by atoms with Crippen LogP contribution in [0.1, 0.15) is 27.9 Å². The van der Waals surface area contributed by atoms with Crippen molar-refractivity contribution in [2.24, 2.45) is 14.1 Å². The van der Waals surface area contributed by atoms with Crippen molar-refractivity contribution in [3.63, 3.8) is 0 Å². The zero-order valence-corrected chi connectivity index (χ0v) is 17.2. The lowest BCUT2D eigenvalue weighted by atomic mass is 10.3. The summed E-state index contributed by atoms with van der Waals surface area (Å²) in [5.74, 6) is -0.711. The first-order chi connectivity index (χ1) is 14.3. The fraction of sp³-hybridized carbons (Fsp3) is 0.368. The van der Waals surface area contributed by atoms with Crippen LogP contribution < -0.4 is 26.6 Å². The molecule has 2 rings (SSSR count). The van der Waals surface area contributed by atoms with Gasteiger partial charge in [0, 0.05) is 59.6 Å². The first-order valence-corrected chi connectivity index (χ1v) is 9.39. The first-order valence-electron chi connectivity index (χ1n) is 9.39. The number of nitrogens with zero attached hydrogens (tertiary/aromatic N) is 2. The summed E-state index contributed by atoms with van der Waals surface area (Å²) in [5.41, 5.74) is 1.75. The zero-order valence-electron chi connectivity index (χ0n) is 17.2. The van der Waals surface area contributed by atoms with Crippen molar-refractivity contribution in [1.82, 2.24) is 25.1 Å².